The van der Waals surface area contributed by atoms with Crippen molar-refractivity contribution >= 4 is 11.8 Å². The Balaban J connectivity index is 0.000000249. The fourth-order valence-corrected chi connectivity index (χ4v) is 2.17. The number of nitrogens with two attached hydrogens (primary N) is 1. The second kappa shape index (κ2) is 7.89. The number of nitrogen functional groups attached to an aromatic ring is 1. The zero-order valence-corrected chi connectivity index (χ0v) is 12.9. The highest BCUT2D eigenvalue weighted by Gasteiger charge is 2.32. The first kappa shape index (κ1) is 17.2. The molecule has 0 saturated heterocycles. The number of nitrogens with one attached hydrogen (secondary N) is 1. The average Bonchev–Trinajstić information content (AvgIpc) is 2.63. The molecule has 0 bridgehead atoms. The lowest BCUT2D eigenvalue weighted by Gasteiger charge is -2.30. The minimum absolute atomic E-state index is 0.284. The molecule has 0 fully saturated rings. The van der Waals surface area contributed by atoms with E-state index < -0.39 is 11.6 Å². The Kier molecular flexibility index (Phi) is 5.65. The Morgan fingerprint density at radius 1 is 0.875 bits per heavy atom. The van der Waals surface area contributed by atoms with Gasteiger partial charge in [0.1, 0.15) is 0 Å². The molecule has 24 heavy (non-hydrogen) atoms. The summed E-state index contributed by atoms with van der Waals surface area (Å²) in [6, 6.07) is 22.0. The molecule has 0 amide bonds. The van der Waals surface area contributed by atoms with Gasteiger partial charge in [0.25, 0.3) is 5.82 Å². The topological polar surface area (TPSA) is 101 Å². The molecule has 0 spiro atoms. The van der Waals surface area contributed by atoms with E-state index in [1.54, 1.807) is 72.9 Å². The number of hydrogen-bond donors (Lipinski definition) is 2. The second-order valence-electron chi connectivity index (χ2n) is 5.05. The van der Waals surface area contributed by atoms with Crippen molar-refractivity contribution in [3.63, 3.8) is 0 Å². The van der Waals surface area contributed by atoms with Gasteiger partial charge in [-0.1, -0.05) is 66.7 Å². The zero-order valence-electron chi connectivity index (χ0n) is 12.9. The Labute approximate surface area is 140 Å². The lowest BCUT2D eigenvalue weighted by atomic mass is 9.86. The van der Waals surface area contributed by atoms with Crippen LogP contribution in [0.2, 0.25) is 0 Å². The molecule has 5 heteroatoms. The van der Waals surface area contributed by atoms with Gasteiger partial charge in [-0.05, 0) is 17.2 Å². The summed E-state index contributed by atoms with van der Waals surface area (Å²) in [5, 5.41) is 21.6. The Bertz CT molecular complexity index is 723. The maximum absolute atomic E-state index is 11.3. The van der Waals surface area contributed by atoms with Crippen molar-refractivity contribution in [3.8, 4) is 0 Å². The first-order chi connectivity index (χ1) is 11.5. The van der Waals surface area contributed by atoms with Crippen molar-refractivity contribution in [2.24, 2.45) is 0 Å². The number of anilines is 1. The highest BCUT2D eigenvalue weighted by Crippen LogP contribution is 2.28. The summed E-state index contributed by atoms with van der Waals surface area (Å²) < 4.78 is 0. The summed E-state index contributed by atoms with van der Waals surface area (Å²) in [5.74, 6) is -0.836. The fraction of sp³-hybridized carbons (Fsp3) is 0.0526. The summed E-state index contributed by atoms with van der Waals surface area (Å²) in [4.78, 5) is 14.1. The van der Waals surface area contributed by atoms with E-state index in [2.05, 4.69) is 4.98 Å². The van der Waals surface area contributed by atoms with Crippen LogP contribution in [0.3, 0.4) is 0 Å². The first-order valence-electron chi connectivity index (χ1n) is 7.32. The molecule has 0 aliphatic carbocycles. The van der Waals surface area contributed by atoms with Gasteiger partial charge in [0, 0.05) is 6.07 Å². The van der Waals surface area contributed by atoms with Crippen LogP contribution in [-0.4, -0.2) is 11.1 Å². The Morgan fingerprint density at radius 3 is 1.62 bits per heavy atom. The summed E-state index contributed by atoms with van der Waals surface area (Å²) >= 11 is 0. The molecular formula is C19H18N2O3. The van der Waals surface area contributed by atoms with Crippen molar-refractivity contribution in [2.45, 2.75) is 5.60 Å². The summed E-state index contributed by atoms with van der Waals surface area (Å²) in [6.07, 6.45) is 1.79. The molecule has 0 saturated carbocycles. The Hall–Kier alpha value is -3.18. The van der Waals surface area contributed by atoms with Gasteiger partial charge in [0.2, 0.25) is 0 Å². The second-order valence-corrected chi connectivity index (χ2v) is 5.05. The molecular weight excluding hydrogens is 304 g/mol. The third-order valence-electron chi connectivity index (χ3n) is 3.41. The third kappa shape index (κ3) is 3.97. The van der Waals surface area contributed by atoms with Crippen LogP contribution < -0.4 is 15.8 Å². The lowest BCUT2D eigenvalue weighted by Crippen LogP contribution is -2.46. The SMILES string of the molecule is Nc1cccc[nH+]1.O=C([O-])C(O)(c1ccccc1)c1ccccc1. The number of hydrogen-bond acceptors (Lipinski definition) is 4. The molecule has 4 N–H and O–H groups in total. The van der Waals surface area contributed by atoms with Gasteiger partial charge < -0.3 is 15.0 Å². The average molecular weight is 322 g/mol. The van der Waals surface area contributed by atoms with Gasteiger partial charge in [-0.25, -0.2) is 4.98 Å². The van der Waals surface area contributed by atoms with Gasteiger partial charge in [-0.3, -0.25) is 5.73 Å². The van der Waals surface area contributed by atoms with Crippen LogP contribution in [-0.2, 0) is 10.4 Å². The number of H-pyrrole nitrogens is 1. The van der Waals surface area contributed by atoms with Crippen molar-refractivity contribution in [1.29, 1.82) is 0 Å². The smallest absolute Gasteiger partial charge is 0.269 e. The number of aliphatic carboxylic acids is 1. The molecule has 1 aromatic heterocycles. The minimum Gasteiger partial charge on any atom is -0.546 e. The van der Waals surface area contributed by atoms with Crippen LogP contribution in [0, 0.1) is 0 Å². The van der Waals surface area contributed by atoms with Gasteiger partial charge in [-0.15, -0.1) is 0 Å². The quantitative estimate of drug-likeness (QED) is 0.743. The molecule has 1 heterocycles. The standard InChI is InChI=1S/C14H12O3.C5H6N2/c15-13(16)14(17,11-7-3-1-4-8-11)12-9-5-2-6-10-12;6-5-3-1-2-4-7-5/h1-10,17H,(H,15,16);1-4H,(H2,6,7). The van der Waals surface area contributed by atoms with Crippen LogP contribution in [0.1, 0.15) is 11.1 Å². The number of carbonyl (C=O) groups excluding carboxylic acids is 1. The van der Waals surface area contributed by atoms with Crippen LogP contribution in [0.25, 0.3) is 0 Å². The van der Waals surface area contributed by atoms with E-state index in [1.807, 2.05) is 12.1 Å². The van der Waals surface area contributed by atoms with E-state index >= 15 is 0 Å². The monoisotopic (exact) mass is 322 g/mol. The van der Waals surface area contributed by atoms with Crippen LogP contribution in [0.5, 0.6) is 0 Å². The number of carbonyl (C=O) groups is 1. The number of carboxylic acids is 1. The molecule has 2 aromatic carbocycles. The van der Waals surface area contributed by atoms with E-state index in [0.717, 1.165) is 0 Å². The molecule has 5 nitrogen and oxygen atoms in total. The van der Waals surface area contributed by atoms with E-state index in [0.29, 0.717) is 5.82 Å². The van der Waals surface area contributed by atoms with E-state index in [4.69, 9.17) is 5.73 Å². The predicted octanol–water partition coefficient (Wildman–Crippen LogP) is 0.755. The van der Waals surface area contributed by atoms with Gasteiger partial charge in [0.15, 0.2) is 5.60 Å². The van der Waals surface area contributed by atoms with E-state index in [9.17, 15) is 15.0 Å². The zero-order chi connectivity index (χ0) is 17.4. The normalized spacial score (nSPS) is 10.4. The first-order valence-corrected chi connectivity index (χ1v) is 7.32. The number of pyridine rings is 1. The van der Waals surface area contributed by atoms with Gasteiger partial charge >= 0.3 is 0 Å². The van der Waals surface area contributed by atoms with Crippen molar-refractivity contribution in [3.05, 3.63) is 96.2 Å². The fourth-order valence-electron chi connectivity index (χ4n) is 2.17. The number of aliphatic hydroxyl groups is 1. The molecule has 0 unspecified atom stereocenters. The summed E-state index contributed by atoms with van der Waals surface area (Å²) in [6.45, 7) is 0. The molecule has 0 aliphatic heterocycles. The molecule has 0 aliphatic rings. The van der Waals surface area contributed by atoms with Gasteiger partial charge in [0.05, 0.1) is 12.2 Å². The number of rotatable bonds is 3. The molecule has 0 atom stereocenters. The molecule has 3 rings (SSSR count). The minimum atomic E-state index is -2.11. The van der Waals surface area contributed by atoms with Crippen molar-refractivity contribution < 1.29 is 20.0 Å². The number of aromatic nitrogens is 1. The lowest BCUT2D eigenvalue weighted by molar-refractivity contribution is -0.360. The summed E-state index contributed by atoms with van der Waals surface area (Å²) in [7, 11) is 0. The largest absolute Gasteiger partial charge is 0.546 e. The van der Waals surface area contributed by atoms with Crippen LogP contribution >= 0.6 is 0 Å². The molecule has 0 radical (unpaired) electrons. The van der Waals surface area contributed by atoms with Crippen molar-refractivity contribution in [1.82, 2.24) is 0 Å². The number of carboxylic acid groups (broad SMARTS) is 1. The predicted molar refractivity (Wildman–Crippen MR) is 88.3 cm³/mol. The highest BCUT2D eigenvalue weighted by atomic mass is 16.4. The van der Waals surface area contributed by atoms with Crippen molar-refractivity contribution in [2.75, 3.05) is 5.73 Å². The van der Waals surface area contributed by atoms with Crippen LogP contribution in [0.15, 0.2) is 85.1 Å². The number of benzene rings is 2. The molecule has 122 valence electrons. The van der Waals surface area contributed by atoms with Gasteiger partial charge in [-0.2, -0.15) is 0 Å². The maximum Gasteiger partial charge on any atom is 0.269 e. The maximum atomic E-state index is 11.3. The summed E-state index contributed by atoms with van der Waals surface area (Å²) in [5.41, 5.74) is 3.76. The Morgan fingerprint density at radius 2 is 1.33 bits per heavy atom. The van der Waals surface area contributed by atoms with Crippen LogP contribution in [0.4, 0.5) is 5.82 Å². The third-order valence-corrected chi connectivity index (χ3v) is 3.41. The van der Waals surface area contributed by atoms with E-state index in [1.165, 1.54) is 0 Å². The van der Waals surface area contributed by atoms with E-state index in [-0.39, 0.29) is 11.1 Å². The number of aromatic amines is 1. The highest BCUT2D eigenvalue weighted by molar-refractivity contribution is 5.81. The molecule has 3 aromatic rings.